The first-order valence-electron chi connectivity index (χ1n) is 7.23. The minimum Gasteiger partial charge on any atom is -0.310 e. The van der Waals surface area contributed by atoms with Crippen molar-refractivity contribution in [2.75, 3.05) is 6.54 Å². The molecule has 0 aliphatic carbocycles. The maximum absolute atomic E-state index is 5.94. The zero-order valence-electron chi connectivity index (χ0n) is 12.1. The van der Waals surface area contributed by atoms with Gasteiger partial charge in [0.25, 0.3) is 0 Å². The van der Waals surface area contributed by atoms with Crippen LogP contribution in [0.4, 0.5) is 0 Å². The molecule has 2 atom stereocenters. The van der Waals surface area contributed by atoms with Gasteiger partial charge in [-0.05, 0) is 42.1 Å². The van der Waals surface area contributed by atoms with E-state index in [9.17, 15) is 0 Å². The zero-order valence-corrected chi connectivity index (χ0v) is 12.9. The van der Waals surface area contributed by atoms with Crippen LogP contribution in [0, 0.1) is 5.92 Å². The summed E-state index contributed by atoms with van der Waals surface area (Å²) >= 11 is 5.94. The molecular formula is C18H22ClN. The third-order valence-electron chi connectivity index (χ3n) is 3.62. The van der Waals surface area contributed by atoms with Gasteiger partial charge in [0.1, 0.15) is 0 Å². The van der Waals surface area contributed by atoms with Crippen molar-refractivity contribution in [2.45, 2.75) is 26.3 Å². The van der Waals surface area contributed by atoms with E-state index in [4.69, 9.17) is 11.6 Å². The lowest BCUT2D eigenvalue weighted by molar-refractivity contribution is 0.391. The van der Waals surface area contributed by atoms with Crippen molar-refractivity contribution in [1.29, 1.82) is 0 Å². The van der Waals surface area contributed by atoms with Gasteiger partial charge in [0.05, 0.1) is 0 Å². The van der Waals surface area contributed by atoms with E-state index in [1.54, 1.807) is 0 Å². The zero-order chi connectivity index (χ0) is 14.4. The average Bonchev–Trinajstić information content (AvgIpc) is 2.48. The molecule has 0 saturated carbocycles. The molecule has 0 saturated heterocycles. The third-order valence-corrected chi connectivity index (χ3v) is 3.87. The van der Waals surface area contributed by atoms with E-state index in [-0.39, 0.29) is 0 Å². The highest BCUT2D eigenvalue weighted by molar-refractivity contribution is 6.30. The van der Waals surface area contributed by atoms with Crippen molar-refractivity contribution in [3.63, 3.8) is 0 Å². The quantitative estimate of drug-likeness (QED) is 0.799. The fourth-order valence-corrected chi connectivity index (χ4v) is 2.76. The number of halogens is 1. The molecule has 2 unspecified atom stereocenters. The topological polar surface area (TPSA) is 12.0 Å². The number of hydrogen-bond donors (Lipinski definition) is 1. The van der Waals surface area contributed by atoms with Crippen LogP contribution >= 0.6 is 11.6 Å². The lowest BCUT2D eigenvalue weighted by atomic mass is 9.89. The number of hydrogen-bond acceptors (Lipinski definition) is 1. The van der Waals surface area contributed by atoms with Crippen molar-refractivity contribution in [2.24, 2.45) is 5.92 Å². The van der Waals surface area contributed by atoms with Gasteiger partial charge in [-0.3, -0.25) is 0 Å². The summed E-state index contributed by atoms with van der Waals surface area (Å²) in [4.78, 5) is 0. The standard InChI is InChI=1S/C18H22ClN/c1-3-20-18(16-7-5-4-6-8-16)14(2)13-15-9-11-17(19)12-10-15/h4-12,14,18,20H,3,13H2,1-2H3. The largest absolute Gasteiger partial charge is 0.310 e. The van der Waals surface area contributed by atoms with Gasteiger partial charge in [-0.25, -0.2) is 0 Å². The van der Waals surface area contributed by atoms with Gasteiger partial charge in [-0.2, -0.15) is 0 Å². The predicted octanol–water partition coefficient (Wildman–Crippen LogP) is 4.87. The number of benzene rings is 2. The second-order valence-electron chi connectivity index (χ2n) is 5.25. The Morgan fingerprint density at radius 1 is 1.00 bits per heavy atom. The fraction of sp³-hybridized carbons (Fsp3) is 0.333. The lowest BCUT2D eigenvalue weighted by Crippen LogP contribution is -2.28. The molecule has 2 rings (SSSR count). The van der Waals surface area contributed by atoms with E-state index >= 15 is 0 Å². The Kier molecular flexibility index (Phi) is 5.63. The molecule has 0 heterocycles. The minimum absolute atomic E-state index is 0.386. The monoisotopic (exact) mass is 287 g/mol. The molecule has 0 aliphatic heterocycles. The molecule has 2 aromatic rings. The smallest absolute Gasteiger partial charge is 0.0406 e. The van der Waals surface area contributed by atoms with Gasteiger partial charge < -0.3 is 5.32 Å². The normalized spacial score (nSPS) is 13.9. The second-order valence-corrected chi connectivity index (χ2v) is 5.69. The van der Waals surface area contributed by atoms with Crippen LogP contribution in [-0.2, 0) is 6.42 Å². The highest BCUT2D eigenvalue weighted by atomic mass is 35.5. The van der Waals surface area contributed by atoms with Crippen molar-refractivity contribution in [3.05, 3.63) is 70.7 Å². The van der Waals surface area contributed by atoms with Gasteiger partial charge >= 0.3 is 0 Å². The lowest BCUT2D eigenvalue weighted by Gasteiger charge is -2.25. The fourth-order valence-electron chi connectivity index (χ4n) is 2.64. The molecule has 0 aliphatic rings. The van der Waals surface area contributed by atoms with Crippen LogP contribution in [0.3, 0.4) is 0 Å². The molecule has 106 valence electrons. The summed E-state index contributed by atoms with van der Waals surface area (Å²) < 4.78 is 0. The summed E-state index contributed by atoms with van der Waals surface area (Å²) in [5, 5.41) is 4.40. The van der Waals surface area contributed by atoms with Crippen LogP contribution in [0.1, 0.15) is 31.0 Å². The molecule has 2 aromatic carbocycles. The van der Waals surface area contributed by atoms with Gasteiger partial charge in [0.15, 0.2) is 0 Å². The molecule has 1 nitrogen and oxygen atoms in total. The summed E-state index contributed by atoms with van der Waals surface area (Å²) in [6.45, 7) is 5.43. The van der Waals surface area contributed by atoms with Crippen molar-refractivity contribution < 1.29 is 0 Å². The molecule has 0 aromatic heterocycles. The van der Waals surface area contributed by atoms with E-state index in [1.165, 1.54) is 11.1 Å². The molecule has 2 heteroatoms. The van der Waals surface area contributed by atoms with Gasteiger partial charge in [0, 0.05) is 11.1 Å². The highest BCUT2D eigenvalue weighted by Crippen LogP contribution is 2.25. The van der Waals surface area contributed by atoms with Crippen molar-refractivity contribution in [1.82, 2.24) is 5.32 Å². The summed E-state index contributed by atoms with van der Waals surface area (Å²) in [5.41, 5.74) is 2.69. The van der Waals surface area contributed by atoms with Gasteiger partial charge in [-0.1, -0.05) is 67.9 Å². The first-order chi connectivity index (χ1) is 9.70. The molecule has 0 bridgehead atoms. The summed E-state index contributed by atoms with van der Waals surface area (Å²) in [7, 11) is 0. The predicted molar refractivity (Wildman–Crippen MR) is 87.2 cm³/mol. The van der Waals surface area contributed by atoms with Crippen molar-refractivity contribution >= 4 is 11.6 Å². The SMILES string of the molecule is CCNC(c1ccccc1)C(C)Cc1ccc(Cl)cc1. The summed E-state index contributed by atoms with van der Waals surface area (Å²) in [6.07, 6.45) is 1.05. The Labute approximate surface area is 127 Å². The average molecular weight is 288 g/mol. The molecule has 0 radical (unpaired) electrons. The van der Waals surface area contributed by atoms with Crippen LogP contribution in [0.2, 0.25) is 5.02 Å². The van der Waals surface area contributed by atoms with Crippen LogP contribution in [-0.4, -0.2) is 6.54 Å². The van der Waals surface area contributed by atoms with Crippen LogP contribution < -0.4 is 5.32 Å². The maximum atomic E-state index is 5.94. The molecule has 1 N–H and O–H groups in total. The summed E-state index contributed by atoms with van der Waals surface area (Å²) in [5.74, 6) is 0.526. The van der Waals surface area contributed by atoms with Gasteiger partial charge in [0.2, 0.25) is 0 Å². The minimum atomic E-state index is 0.386. The Balaban J connectivity index is 2.11. The van der Waals surface area contributed by atoms with Crippen LogP contribution in [0.25, 0.3) is 0 Å². The van der Waals surface area contributed by atoms with E-state index < -0.39 is 0 Å². The third kappa shape index (κ3) is 4.09. The Morgan fingerprint density at radius 3 is 2.25 bits per heavy atom. The Bertz CT molecular complexity index is 507. The molecule has 20 heavy (non-hydrogen) atoms. The number of nitrogens with one attached hydrogen (secondary N) is 1. The van der Waals surface area contributed by atoms with Crippen molar-refractivity contribution in [3.8, 4) is 0 Å². The van der Waals surface area contributed by atoms with E-state index in [1.807, 2.05) is 12.1 Å². The second kappa shape index (κ2) is 7.47. The van der Waals surface area contributed by atoms with E-state index in [0.717, 1.165) is 18.0 Å². The molecule has 0 spiro atoms. The molecule has 0 amide bonds. The Hall–Kier alpha value is -1.31. The highest BCUT2D eigenvalue weighted by Gasteiger charge is 2.18. The Morgan fingerprint density at radius 2 is 1.65 bits per heavy atom. The van der Waals surface area contributed by atoms with Crippen LogP contribution in [0.5, 0.6) is 0 Å². The maximum Gasteiger partial charge on any atom is 0.0406 e. The van der Waals surface area contributed by atoms with Gasteiger partial charge in [-0.15, -0.1) is 0 Å². The van der Waals surface area contributed by atoms with E-state index in [0.29, 0.717) is 12.0 Å². The first-order valence-corrected chi connectivity index (χ1v) is 7.61. The number of rotatable bonds is 6. The first kappa shape index (κ1) is 15.1. The molecular weight excluding hydrogens is 266 g/mol. The summed E-state index contributed by atoms with van der Waals surface area (Å²) in [6, 6.07) is 19.2. The molecule has 0 fully saturated rings. The van der Waals surface area contributed by atoms with E-state index in [2.05, 4.69) is 61.6 Å². The van der Waals surface area contributed by atoms with Crippen LogP contribution in [0.15, 0.2) is 54.6 Å².